The molecule has 2 atom stereocenters. The van der Waals surface area contributed by atoms with Crippen LogP contribution in [0.2, 0.25) is 0 Å². The zero-order chi connectivity index (χ0) is 19.1. The van der Waals surface area contributed by atoms with Gasteiger partial charge in [0.1, 0.15) is 0 Å². The van der Waals surface area contributed by atoms with Gasteiger partial charge in [-0.2, -0.15) is 0 Å². The number of carboxylic acid groups (broad SMARTS) is 1. The molecular formula is C19H15Br2N3O3. The van der Waals surface area contributed by atoms with E-state index in [2.05, 4.69) is 47.5 Å². The molecule has 1 aliphatic rings. The van der Waals surface area contributed by atoms with Crippen molar-refractivity contribution in [2.45, 2.75) is 12.0 Å². The number of rotatable bonds is 4. The molecule has 27 heavy (non-hydrogen) atoms. The van der Waals surface area contributed by atoms with Crippen LogP contribution in [0.25, 0.3) is 10.9 Å². The van der Waals surface area contributed by atoms with E-state index in [-0.39, 0.29) is 5.91 Å². The normalized spacial score (nSPS) is 16.6. The number of aromatic nitrogens is 1. The minimum Gasteiger partial charge on any atom is -0.479 e. The van der Waals surface area contributed by atoms with Gasteiger partial charge in [0.2, 0.25) is 5.91 Å². The Labute approximate surface area is 171 Å². The first kappa shape index (κ1) is 18.1. The molecule has 3 aromatic rings. The van der Waals surface area contributed by atoms with Crippen LogP contribution in [0.4, 0.5) is 5.69 Å². The lowest BCUT2D eigenvalue weighted by Crippen LogP contribution is -2.37. The maximum atomic E-state index is 12.9. The summed E-state index contributed by atoms with van der Waals surface area (Å²) in [5.74, 6) is -1.88. The van der Waals surface area contributed by atoms with Crippen LogP contribution in [-0.2, 0) is 9.59 Å². The Morgan fingerprint density at radius 3 is 2.67 bits per heavy atom. The Bertz CT molecular complexity index is 1060. The summed E-state index contributed by atoms with van der Waals surface area (Å²) in [6.07, 6.45) is 1.63. The Morgan fingerprint density at radius 2 is 1.89 bits per heavy atom. The van der Waals surface area contributed by atoms with Crippen molar-refractivity contribution >= 4 is 60.3 Å². The van der Waals surface area contributed by atoms with Crippen molar-refractivity contribution in [2.75, 3.05) is 11.9 Å². The van der Waals surface area contributed by atoms with Crippen molar-refractivity contribution in [1.29, 1.82) is 0 Å². The van der Waals surface area contributed by atoms with Gasteiger partial charge >= 0.3 is 5.97 Å². The van der Waals surface area contributed by atoms with Gasteiger partial charge in [-0.05, 0) is 42.0 Å². The van der Waals surface area contributed by atoms with Gasteiger partial charge in [-0.25, -0.2) is 4.79 Å². The van der Waals surface area contributed by atoms with E-state index in [0.29, 0.717) is 12.1 Å². The molecule has 0 radical (unpaired) electrons. The van der Waals surface area contributed by atoms with E-state index in [9.17, 15) is 14.7 Å². The van der Waals surface area contributed by atoms with Crippen molar-refractivity contribution < 1.29 is 14.7 Å². The molecule has 0 saturated heterocycles. The van der Waals surface area contributed by atoms with Crippen molar-refractivity contribution in [3.8, 4) is 0 Å². The van der Waals surface area contributed by atoms with E-state index >= 15 is 0 Å². The number of anilines is 1. The van der Waals surface area contributed by atoms with Crippen LogP contribution < -0.4 is 10.6 Å². The lowest BCUT2D eigenvalue weighted by atomic mass is 9.99. The van der Waals surface area contributed by atoms with Crippen molar-refractivity contribution in [2.24, 2.45) is 0 Å². The molecule has 2 aromatic carbocycles. The van der Waals surface area contributed by atoms with Crippen LogP contribution in [-0.4, -0.2) is 28.5 Å². The van der Waals surface area contributed by atoms with Crippen molar-refractivity contribution in [1.82, 2.24) is 10.3 Å². The molecule has 8 heteroatoms. The molecule has 4 rings (SSSR count). The molecule has 2 heterocycles. The summed E-state index contributed by atoms with van der Waals surface area (Å²) < 4.78 is 1.71. The van der Waals surface area contributed by atoms with Gasteiger partial charge in [-0.3, -0.25) is 4.79 Å². The molecule has 4 N–H and O–H groups in total. The highest BCUT2D eigenvalue weighted by Gasteiger charge is 2.33. The summed E-state index contributed by atoms with van der Waals surface area (Å²) in [7, 11) is 0. The lowest BCUT2D eigenvalue weighted by molar-refractivity contribution is -0.142. The molecule has 1 aromatic heterocycles. The summed E-state index contributed by atoms with van der Waals surface area (Å²) in [6, 6.07) is 10.1. The van der Waals surface area contributed by atoms with Gasteiger partial charge in [0, 0.05) is 43.8 Å². The van der Waals surface area contributed by atoms with E-state index in [1.54, 1.807) is 6.20 Å². The molecule has 6 nitrogen and oxygen atoms in total. The van der Waals surface area contributed by atoms with Gasteiger partial charge in [0.25, 0.3) is 0 Å². The molecule has 1 aliphatic heterocycles. The first-order valence-corrected chi connectivity index (χ1v) is 9.85. The number of carbonyl (C=O) groups excluding carboxylic acids is 1. The highest BCUT2D eigenvalue weighted by molar-refractivity contribution is 9.10. The minimum atomic E-state index is -1.14. The number of nitrogens with one attached hydrogen (secondary N) is 3. The monoisotopic (exact) mass is 491 g/mol. The number of halogens is 2. The average Bonchev–Trinajstić information content (AvgIpc) is 3.22. The van der Waals surface area contributed by atoms with E-state index in [1.807, 2.05) is 36.4 Å². The number of aromatic amines is 1. The second-order valence-corrected chi connectivity index (χ2v) is 8.21. The zero-order valence-corrected chi connectivity index (χ0v) is 17.1. The lowest BCUT2D eigenvalue weighted by Gasteiger charge is -2.17. The second-order valence-electron chi connectivity index (χ2n) is 6.38. The standard InChI is InChI=1S/C19H15Br2N3O3/c20-9-1-3-15-11(5-9)13(7-22-15)17(19(26)27)24-18(25)14-8-23-16-4-2-10(21)6-12(14)16/h1-7,14,17,22-23H,8H2,(H,24,25)(H,26,27). The van der Waals surface area contributed by atoms with Crippen LogP contribution >= 0.6 is 31.9 Å². The summed E-state index contributed by atoms with van der Waals surface area (Å²) in [5, 5.41) is 16.4. The molecule has 0 aliphatic carbocycles. The third-order valence-electron chi connectivity index (χ3n) is 4.72. The van der Waals surface area contributed by atoms with E-state index < -0.39 is 17.9 Å². The zero-order valence-electron chi connectivity index (χ0n) is 13.9. The van der Waals surface area contributed by atoms with Gasteiger partial charge in [-0.15, -0.1) is 0 Å². The van der Waals surface area contributed by atoms with Gasteiger partial charge in [-0.1, -0.05) is 31.9 Å². The predicted molar refractivity (Wildman–Crippen MR) is 110 cm³/mol. The third kappa shape index (κ3) is 3.35. The number of amides is 1. The van der Waals surface area contributed by atoms with Crippen molar-refractivity contribution in [3.05, 3.63) is 62.7 Å². The topological polar surface area (TPSA) is 94.2 Å². The summed E-state index contributed by atoms with van der Waals surface area (Å²) in [6.45, 7) is 0.434. The Morgan fingerprint density at radius 1 is 1.15 bits per heavy atom. The molecule has 0 spiro atoms. The van der Waals surface area contributed by atoms with E-state index in [4.69, 9.17) is 0 Å². The number of carbonyl (C=O) groups is 2. The van der Waals surface area contributed by atoms with Crippen LogP contribution in [0.15, 0.2) is 51.5 Å². The Hall–Kier alpha value is -2.32. The smallest absolute Gasteiger partial charge is 0.330 e. The highest BCUT2D eigenvalue weighted by Crippen LogP contribution is 2.35. The fourth-order valence-electron chi connectivity index (χ4n) is 3.41. The molecule has 0 fully saturated rings. The number of hydrogen-bond donors (Lipinski definition) is 4. The quantitative estimate of drug-likeness (QED) is 0.440. The maximum absolute atomic E-state index is 12.9. The number of carboxylic acids is 1. The Kier molecular flexibility index (Phi) is 4.69. The predicted octanol–water partition coefficient (Wildman–Crippen LogP) is 4.14. The van der Waals surface area contributed by atoms with Crippen LogP contribution in [0.3, 0.4) is 0 Å². The van der Waals surface area contributed by atoms with Crippen LogP contribution in [0, 0.1) is 0 Å². The molecule has 0 saturated carbocycles. The fourth-order valence-corrected chi connectivity index (χ4v) is 4.15. The molecular weight excluding hydrogens is 478 g/mol. The largest absolute Gasteiger partial charge is 0.479 e. The highest BCUT2D eigenvalue weighted by atomic mass is 79.9. The average molecular weight is 493 g/mol. The molecule has 138 valence electrons. The number of hydrogen-bond acceptors (Lipinski definition) is 3. The third-order valence-corrected chi connectivity index (χ3v) is 5.71. The summed E-state index contributed by atoms with van der Waals surface area (Å²) in [4.78, 5) is 27.9. The van der Waals surface area contributed by atoms with Gasteiger partial charge < -0.3 is 20.7 Å². The number of H-pyrrole nitrogens is 1. The molecule has 2 unspecified atom stereocenters. The van der Waals surface area contributed by atoms with Crippen LogP contribution in [0.1, 0.15) is 23.1 Å². The Balaban J connectivity index is 1.65. The maximum Gasteiger partial charge on any atom is 0.330 e. The molecule has 0 bridgehead atoms. The molecule has 1 amide bonds. The first-order valence-electron chi connectivity index (χ1n) is 8.27. The van der Waals surface area contributed by atoms with E-state index in [1.165, 1.54) is 0 Å². The number of fused-ring (bicyclic) bond motifs is 2. The number of aliphatic carboxylic acids is 1. The van der Waals surface area contributed by atoms with Crippen LogP contribution in [0.5, 0.6) is 0 Å². The van der Waals surface area contributed by atoms with Gasteiger partial charge in [0.05, 0.1) is 5.92 Å². The van der Waals surface area contributed by atoms with E-state index in [0.717, 1.165) is 31.1 Å². The number of benzene rings is 2. The SMILES string of the molecule is O=C(NC(C(=O)O)c1c[nH]c2ccc(Br)cc12)C1CNc2ccc(Br)cc21. The summed E-state index contributed by atoms with van der Waals surface area (Å²) >= 11 is 6.82. The first-order chi connectivity index (χ1) is 12.9. The van der Waals surface area contributed by atoms with Gasteiger partial charge in [0.15, 0.2) is 6.04 Å². The second kappa shape index (κ2) is 7.01. The summed E-state index contributed by atoms with van der Waals surface area (Å²) in [5.41, 5.74) is 3.08. The fraction of sp³-hybridized carbons (Fsp3) is 0.158. The van der Waals surface area contributed by atoms with Crippen molar-refractivity contribution in [3.63, 3.8) is 0 Å². The minimum absolute atomic E-state index is 0.323.